The SMILES string of the molecule is C[C@H]1CN([C@@H](Cc2ccc(C3CC3)cc2F)C(=O)OC(C)(C)C)CCN1C(=O)[C@@H]1CN(C2CCOCC2)C[C@H]1c1ccc(Cl)cc1F. The van der Waals surface area contributed by atoms with Gasteiger partial charge in [0.1, 0.15) is 23.3 Å². The van der Waals surface area contributed by atoms with Crippen LogP contribution < -0.4 is 0 Å². The highest BCUT2D eigenvalue weighted by Crippen LogP contribution is 2.41. The lowest BCUT2D eigenvalue weighted by molar-refractivity contribution is -0.163. The molecule has 2 aromatic rings. The van der Waals surface area contributed by atoms with Gasteiger partial charge in [-0.2, -0.15) is 0 Å². The molecule has 3 aliphatic heterocycles. The van der Waals surface area contributed by atoms with Gasteiger partial charge in [0.05, 0.1) is 5.92 Å². The van der Waals surface area contributed by atoms with Gasteiger partial charge in [-0.25, -0.2) is 8.78 Å². The Labute approximate surface area is 282 Å². The third-order valence-electron chi connectivity index (χ3n) is 10.3. The first kappa shape index (κ1) is 34.3. The maximum absolute atomic E-state index is 15.3. The fourth-order valence-electron chi connectivity index (χ4n) is 7.70. The summed E-state index contributed by atoms with van der Waals surface area (Å²) in [7, 11) is 0. The summed E-state index contributed by atoms with van der Waals surface area (Å²) in [6, 6.07) is 9.54. The lowest BCUT2D eigenvalue weighted by Gasteiger charge is -2.44. The number of ether oxygens (including phenoxy) is 2. The van der Waals surface area contributed by atoms with E-state index >= 15 is 8.78 Å². The van der Waals surface area contributed by atoms with Gasteiger partial charge in [0.2, 0.25) is 5.91 Å². The number of likely N-dealkylation sites (tertiary alicyclic amines) is 1. The van der Waals surface area contributed by atoms with E-state index in [1.807, 2.05) is 49.6 Å². The maximum Gasteiger partial charge on any atom is 0.324 e. The van der Waals surface area contributed by atoms with E-state index in [1.165, 1.54) is 6.07 Å². The second kappa shape index (κ2) is 14.1. The number of halogens is 3. The first-order valence-corrected chi connectivity index (χ1v) is 17.6. The molecule has 1 amide bonds. The van der Waals surface area contributed by atoms with Crippen LogP contribution in [-0.2, 0) is 25.5 Å². The zero-order chi connectivity index (χ0) is 33.5. The van der Waals surface area contributed by atoms with Gasteiger partial charge < -0.3 is 14.4 Å². The van der Waals surface area contributed by atoms with Crippen molar-refractivity contribution in [1.82, 2.24) is 14.7 Å². The Kier molecular flexibility index (Phi) is 10.3. The van der Waals surface area contributed by atoms with E-state index < -0.39 is 23.5 Å². The second-order valence-corrected chi connectivity index (χ2v) is 15.4. The Balaban J connectivity index is 1.20. The number of nitrogens with zero attached hydrogens (tertiary/aromatic N) is 3. The highest BCUT2D eigenvalue weighted by molar-refractivity contribution is 6.30. The molecule has 256 valence electrons. The summed E-state index contributed by atoms with van der Waals surface area (Å²) in [5, 5.41) is 0.330. The first-order chi connectivity index (χ1) is 22.4. The molecule has 0 spiro atoms. The predicted molar refractivity (Wildman–Crippen MR) is 178 cm³/mol. The summed E-state index contributed by atoms with van der Waals surface area (Å²) in [6.07, 6.45) is 4.14. The number of piperazine rings is 1. The molecule has 4 fully saturated rings. The molecule has 2 aromatic carbocycles. The monoisotopic (exact) mass is 671 g/mol. The van der Waals surface area contributed by atoms with Crippen LogP contribution in [0.4, 0.5) is 8.78 Å². The fraction of sp³-hybridized carbons (Fsp3) is 0.622. The molecule has 3 heterocycles. The summed E-state index contributed by atoms with van der Waals surface area (Å²) in [5.74, 6) is -1.35. The van der Waals surface area contributed by atoms with E-state index in [0.717, 1.165) is 31.2 Å². The summed E-state index contributed by atoms with van der Waals surface area (Å²) in [4.78, 5) is 34.3. The van der Waals surface area contributed by atoms with E-state index in [9.17, 15) is 9.59 Å². The Hall–Kier alpha value is -2.59. The normalized spacial score (nSPS) is 25.6. The molecule has 0 unspecified atom stereocenters. The summed E-state index contributed by atoms with van der Waals surface area (Å²) < 4.78 is 42.0. The van der Waals surface area contributed by atoms with Crippen molar-refractivity contribution in [3.05, 3.63) is 69.7 Å². The van der Waals surface area contributed by atoms with Crippen molar-refractivity contribution in [3.63, 3.8) is 0 Å². The van der Waals surface area contributed by atoms with E-state index in [-0.39, 0.29) is 35.9 Å². The van der Waals surface area contributed by atoms with Crippen LogP contribution in [0.3, 0.4) is 0 Å². The lowest BCUT2D eigenvalue weighted by Crippen LogP contribution is -2.60. The third kappa shape index (κ3) is 8.01. The van der Waals surface area contributed by atoms with Crippen LogP contribution >= 0.6 is 11.6 Å². The molecular weight excluding hydrogens is 624 g/mol. The Morgan fingerprint density at radius 3 is 2.36 bits per heavy atom. The standard InChI is InChI=1S/C37H48ClF2N3O4/c1-23-20-41(34(36(45)47-37(2,3)4)18-26-8-7-25(17-32(26)39)24-5-6-24)13-14-43(23)35(44)31-22-42(28-11-15-46-16-12-28)21-30(31)29-10-9-27(38)19-33(29)40/h7-10,17,19,23-24,28,30-31,34H,5-6,11-16,18,20-22H2,1-4H3/t23-,30-,31+,34-/m0/s1. The molecule has 10 heteroatoms. The smallest absolute Gasteiger partial charge is 0.324 e. The van der Waals surface area contributed by atoms with E-state index in [2.05, 4.69) is 4.90 Å². The average Bonchev–Trinajstić information content (AvgIpc) is 3.78. The van der Waals surface area contributed by atoms with Crippen LogP contribution in [0.1, 0.15) is 81.9 Å². The molecule has 0 radical (unpaired) electrons. The number of hydrogen-bond donors (Lipinski definition) is 0. The molecule has 0 N–H and O–H groups in total. The van der Waals surface area contributed by atoms with Crippen molar-refractivity contribution in [1.29, 1.82) is 0 Å². The van der Waals surface area contributed by atoms with Crippen LogP contribution in [0, 0.1) is 17.6 Å². The molecule has 1 saturated carbocycles. The van der Waals surface area contributed by atoms with Crippen molar-refractivity contribution in [2.45, 2.75) is 95.4 Å². The van der Waals surface area contributed by atoms with Gasteiger partial charge in [-0.1, -0.05) is 29.8 Å². The number of esters is 1. The number of hydrogen-bond acceptors (Lipinski definition) is 6. The highest BCUT2D eigenvalue weighted by atomic mass is 35.5. The minimum atomic E-state index is -0.697. The molecule has 4 aliphatic rings. The number of carbonyl (C=O) groups excluding carboxylic acids is 2. The van der Waals surface area contributed by atoms with Crippen LogP contribution in [0.2, 0.25) is 5.02 Å². The van der Waals surface area contributed by atoms with Gasteiger partial charge in [0.25, 0.3) is 0 Å². The molecule has 47 heavy (non-hydrogen) atoms. The maximum atomic E-state index is 15.3. The molecular formula is C37H48ClF2N3O4. The van der Waals surface area contributed by atoms with E-state index in [4.69, 9.17) is 21.1 Å². The van der Waals surface area contributed by atoms with Gasteiger partial charge in [-0.05, 0) is 94.2 Å². The molecule has 4 atom stereocenters. The predicted octanol–water partition coefficient (Wildman–Crippen LogP) is 6.18. The summed E-state index contributed by atoms with van der Waals surface area (Å²) in [6.45, 7) is 11.3. The van der Waals surface area contributed by atoms with Crippen molar-refractivity contribution in [2.75, 3.05) is 45.9 Å². The zero-order valence-electron chi connectivity index (χ0n) is 28.0. The fourth-order valence-corrected chi connectivity index (χ4v) is 7.86. The number of rotatable bonds is 8. The van der Waals surface area contributed by atoms with Crippen molar-refractivity contribution in [3.8, 4) is 0 Å². The Bertz CT molecular complexity index is 1460. The lowest BCUT2D eigenvalue weighted by atomic mass is 9.87. The van der Waals surface area contributed by atoms with Gasteiger partial charge in [0.15, 0.2) is 0 Å². The number of amides is 1. The molecule has 7 nitrogen and oxygen atoms in total. The second-order valence-electron chi connectivity index (χ2n) is 14.9. The minimum absolute atomic E-state index is 0.00147. The van der Waals surface area contributed by atoms with Gasteiger partial charge in [0, 0.05) is 75.4 Å². The minimum Gasteiger partial charge on any atom is -0.459 e. The molecule has 6 rings (SSSR count). The topological polar surface area (TPSA) is 62.3 Å². The average molecular weight is 672 g/mol. The molecule has 0 aromatic heterocycles. The third-order valence-corrected chi connectivity index (χ3v) is 10.6. The number of carbonyl (C=O) groups is 2. The Morgan fingerprint density at radius 2 is 1.72 bits per heavy atom. The zero-order valence-corrected chi connectivity index (χ0v) is 28.8. The van der Waals surface area contributed by atoms with Crippen LogP contribution in [0.5, 0.6) is 0 Å². The molecule has 1 aliphatic carbocycles. The van der Waals surface area contributed by atoms with E-state index in [0.29, 0.717) is 74.0 Å². The van der Waals surface area contributed by atoms with Crippen molar-refractivity contribution >= 4 is 23.5 Å². The molecule has 3 saturated heterocycles. The van der Waals surface area contributed by atoms with Crippen LogP contribution in [-0.4, -0.2) is 96.2 Å². The number of benzene rings is 2. The summed E-state index contributed by atoms with van der Waals surface area (Å²) in [5.41, 5.74) is 1.33. The van der Waals surface area contributed by atoms with Crippen LogP contribution in [0.25, 0.3) is 0 Å². The van der Waals surface area contributed by atoms with Gasteiger partial charge in [-0.3, -0.25) is 19.4 Å². The van der Waals surface area contributed by atoms with Gasteiger partial charge in [-0.15, -0.1) is 0 Å². The van der Waals surface area contributed by atoms with Crippen LogP contribution in [0.15, 0.2) is 36.4 Å². The van der Waals surface area contributed by atoms with E-state index in [1.54, 1.807) is 18.2 Å². The van der Waals surface area contributed by atoms with Gasteiger partial charge >= 0.3 is 5.97 Å². The Morgan fingerprint density at radius 1 is 0.979 bits per heavy atom. The van der Waals surface area contributed by atoms with Crippen molar-refractivity contribution < 1.29 is 27.8 Å². The largest absolute Gasteiger partial charge is 0.459 e. The first-order valence-electron chi connectivity index (χ1n) is 17.2. The quantitative estimate of drug-likeness (QED) is 0.313. The summed E-state index contributed by atoms with van der Waals surface area (Å²) >= 11 is 6.09. The highest BCUT2D eigenvalue weighted by Gasteiger charge is 2.46. The van der Waals surface area contributed by atoms with Crippen molar-refractivity contribution in [2.24, 2.45) is 5.92 Å². The molecule has 0 bridgehead atoms.